The molecule has 144 valence electrons. The second kappa shape index (κ2) is 11.4. The summed E-state index contributed by atoms with van der Waals surface area (Å²) in [6.07, 6.45) is 0. The summed E-state index contributed by atoms with van der Waals surface area (Å²) in [6, 6.07) is 16.3. The molecule has 0 spiro atoms. The van der Waals surface area contributed by atoms with Gasteiger partial charge in [0.25, 0.3) is 0 Å². The monoisotopic (exact) mass is 462 g/mol. The molecule has 0 saturated heterocycles. The number of hydrogen-bond acceptors (Lipinski definition) is 4. The van der Waals surface area contributed by atoms with Crippen LogP contribution in [0.1, 0.15) is 19.4 Å². The van der Waals surface area contributed by atoms with E-state index in [1.54, 1.807) is 26.0 Å². The summed E-state index contributed by atoms with van der Waals surface area (Å²) >= 11 is 5.43. The van der Waals surface area contributed by atoms with Crippen molar-refractivity contribution in [3.8, 4) is 11.8 Å². The third kappa shape index (κ3) is 6.58. The van der Waals surface area contributed by atoms with Crippen LogP contribution < -0.4 is 4.46 Å². The number of benzene rings is 2. The molecule has 0 heterocycles. The predicted molar refractivity (Wildman–Crippen MR) is 110 cm³/mol. The molecule has 0 aliphatic heterocycles. The van der Waals surface area contributed by atoms with E-state index in [1.165, 1.54) is 0 Å². The number of carbonyl (C=O) groups excluding carboxylic acids is 2. The maximum absolute atomic E-state index is 12.6. The predicted octanol–water partition coefficient (Wildman–Crippen LogP) is 3.10. The summed E-state index contributed by atoms with van der Waals surface area (Å²) < 4.78 is 11.4. The first-order valence-corrected chi connectivity index (χ1v) is 10.7. The zero-order valence-electron chi connectivity index (χ0n) is 15.5. The van der Waals surface area contributed by atoms with E-state index in [0.717, 1.165) is 10.0 Å². The van der Waals surface area contributed by atoms with E-state index >= 15 is 0 Å². The van der Waals surface area contributed by atoms with Crippen LogP contribution in [0.4, 0.5) is 0 Å². The van der Waals surface area contributed by atoms with Gasteiger partial charge < -0.3 is 0 Å². The Morgan fingerprint density at radius 2 is 1.54 bits per heavy atom. The number of rotatable bonds is 6. The summed E-state index contributed by atoms with van der Waals surface area (Å²) in [6.45, 7) is 3.79. The number of esters is 2. The van der Waals surface area contributed by atoms with Crippen molar-refractivity contribution in [1.82, 2.24) is 0 Å². The Balaban J connectivity index is 2.54. The van der Waals surface area contributed by atoms with Gasteiger partial charge in [0.15, 0.2) is 0 Å². The van der Waals surface area contributed by atoms with Crippen LogP contribution in [-0.2, 0) is 19.1 Å². The zero-order chi connectivity index (χ0) is 20.4. The molecule has 4 nitrogen and oxygen atoms in total. The van der Waals surface area contributed by atoms with Crippen molar-refractivity contribution in [3.05, 3.63) is 75.2 Å². The Hall–Kier alpha value is -2.51. The van der Waals surface area contributed by atoms with Crippen LogP contribution in [0.5, 0.6) is 0 Å². The SMILES string of the molecule is CCOC(=O)/C(C#Cc1ccccc1)=C(/[Se]c1ccc(Cl)cc1)C(=O)OCC. The van der Waals surface area contributed by atoms with Crippen LogP contribution in [0.3, 0.4) is 0 Å². The Kier molecular flexibility index (Phi) is 8.84. The van der Waals surface area contributed by atoms with Crippen molar-refractivity contribution < 1.29 is 19.1 Å². The van der Waals surface area contributed by atoms with E-state index in [9.17, 15) is 9.59 Å². The van der Waals surface area contributed by atoms with Gasteiger partial charge in [0.1, 0.15) is 0 Å². The molecule has 0 unspecified atom stereocenters. The average Bonchev–Trinajstić information content (AvgIpc) is 2.70. The van der Waals surface area contributed by atoms with Crippen molar-refractivity contribution in [2.45, 2.75) is 13.8 Å². The molecule has 0 saturated carbocycles. The van der Waals surface area contributed by atoms with Gasteiger partial charge in [0, 0.05) is 0 Å². The molecule has 2 rings (SSSR count). The van der Waals surface area contributed by atoms with Gasteiger partial charge in [0.2, 0.25) is 0 Å². The van der Waals surface area contributed by atoms with Crippen LogP contribution in [0, 0.1) is 11.8 Å². The van der Waals surface area contributed by atoms with E-state index in [0.29, 0.717) is 5.02 Å². The van der Waals surface area contributed by atoms with Gasteiger partial charge >= 0.3 is 176 Å². The van der Waals surface area contributed by atoms with Gasteiger partial charge in [-0.1, -0.05) is 0 Å². The molecule has 0 N–H and O–H groups in total. The van der Waals surface area contributed by atoms with Crippen molar-refractivity contribution in [3.63, 3.8) is 0 Å². The normalized spacial score (nSPS) is 11.0. The molecule has 28 heavy (non-hydrogen) atoms. The van der Waals surface area contributed by atoms with E-state index in [1.807, 2.05) is 42.5 Å². The second-order valence-electron chi connectivity index (χ2n) is 5.32. The molecule has 0 amide bonds. The van der Waals surface area contributed by atoms with Crippen molar-refractivity contribution >= 4 is 43.0 Å². The Morgan fingerprint density at radius 3 is 2.14 bits per heavy atom. The van der Waals surface area contributed by atoms with Crippen LogP contribution in [0.25, 0.3) is 0 Å². The number of halogens is 1. The van der Waals surface area contributed by atoms with Crippen LogP contribution in [0.2, 0.25) is 5.02 Å². The second-order valence-corrected chi connectivity index (χ2v) is 8.03. The van der Waals surface area contributed by atoms with E-state index in [2.05, 4.69) is 11.8 Å². The minimum atomic E-state index is -0.634. The third-order valence-corrected chi connectivity index (χ3v) is 5.83. The molecule has 0 fully saturated rings. The molecular weight excluding hydrogens is 443 g/mol. The van der Waals surface area contributed by atoms with Gasteiger partial charge in [-0.2, -0.15) is 0 Å². The van der Waals surface area contributed by atoms with Gasteiger partial charge in [-0.15, -0.1) is 0 Å². The Bertz CT molecular complexity index is 909. The van der Waals surface area contributed by atoms with Crippen LogP contribution in [-0.4, -0.2) is 40.1 Å². The van der Waals surface area contributed by atoms with E-state index < -0.39 is 26.9 Å². The molecular formula is C22H19ClO4Se. The maximum atomic E-state index is 12.6. The number of carbonyl (C=O) groups is 2. The van der Waals surface area contributed by atoms with Crippen LogP contribution in [0.15, 0.2) is 64.6 Å². The molecule has 0 aromatic heterocycles. The molecule has 0 atom stereocenters. The molecule has 0 aliphatic carbocycles. The molecule has 0 aliphatic rings. The number of hydrogen-bond donors (Lipinski definition) is 0. The van der Waals surface area contributed by atoms with Crippen molar-refractivity contribution in [2.24, 2.45) is 0 Å². The molecule has 2 aromatic rings. The third-order valence-electron chi connectivity index (χ3n) is 3.31. The Morgan fingerprint density at radius 1 is 0.929 bits per heavy atom. The van der Waals surface area contributed by atoms with Gasteiger partial charge in [-0.3, -0.25) is 0 Å². The van der Waals surface area contributed by atoms with E-state index in [4.69, 9.17) is 21.1 Å². The molecule has 2 aromatic carbocycles. The standard InChI is InChI=1S/C22H19ClO4Se/c1-3-26-21(24)19(15-10-16-8-6-5-7-9-16)20(22(25)27-4-2)28-18-13-11-17(23)12-14-18/h5-9,11-14H,3-4H2,1-2H3/b20-19+. The van der Waals surface area contributed by atoms with E-state index in [-0.39, 0.29) is 23.3 Å². The summed E-state index contributed by atoms with van der Waals surface area (Å²) in [4.78, 5) is 25.2. The molecule has 0 bridgehead atoms. The fourth-order valence-electron chi connectivity index (χ4n) is 2.07. The molecule has 6 heteroatoms. The summed E-state index contributed by atoms with van der Waals surface area (Å²) in [5, 5.41) is 0.593. The van der Waals surface area contributed by atoms with Gasteiger partial charge in [-0.05, 0) is 0 Å². The first-order chi connectivity index (χ1) is 13.5. The zero-order valence-corrected chi connectivity index (χ0v) is 18.0. The fraction of sp³-hybridized carbons (Fsp3) is 0.182. The van der Waals surface area contributed by atoms with Crippen molar-refractivity contribution in [2.75, 3.05) is 13.2 Å². The first kappa shape index (κ1) is 21.8. The molecule has 0 radical (unpaired) electrons. The average molecular weight is 462 g/mol. The first-order valence-electron chi connectivity index (χ1n) is 8.64. The summed E-state index contributed by atoms with van der Waals surface area (Å²) in [5.41, 5.74) is 0.755. The quantitative estimate of drug-likeness (QED) is 0.287. The summed E-state index contributed by atoms with van der Waals surface area (Å²) in [5.74, 6) is 4.56. The topological polar surface area (TPSA) is 52.6 Å². The van der Waals surface area contributed by atoms with Crippen LogP contribution >= 0.6 is 11.6 Å². The van der Waals surface area contributed by atoms with Gasteiger partial charge in [0.05, 0.1) is 0 Å². The summed E-state index contributed by atoms with van der Waals surface area (Å²) in [7, 11) is 0. The van der Waals surface area contributed by atoms with Crippen molar-refractivity contribution in [1.29, 1.82) is 0 Å². The number of ether oxygens (including phenoxy) is 2. The van der Waals surface area contributed by atoms with Gasteiger partial charge in [-0.25, -0.2) is 0 Å². The fourth-order valence-corrected chi connectivity index (χ4v) is 4.06. The minimum absolute atomic E-state index is 0.0269. The Labute approximate surface area is 176 Å².